The fraction of sp³-hybridized carbons (Fsp3) is 0.588. The van der Waals surface area contributed by atoms with Crippen molar-refractivity contribution in [2.24, 2.45) is 5.92 Å². The number of fused-ring (bicyclic) bond motifs is 1. The summed E-state index contributed by atoms with van der Waals surface area (Å²) in [7, 11) is 3.38. The Hall–Kier alpha value is -1.55. The van der Waals surface area contributed by atoms with Crippen molar-refractivity contribution in [2.45, 2.75) is 45.2 Å². The second-order valence-electron chi connectivity index (χ2n) is 6.12. The van der Waals surface area contributed by atoms with Crippen LogP contribution < -0.4 is 15.4 Å². The zero-order valence-electron chi connectivity index (χ0n) is 13.4. The number of ether oxygens (including phenoxy) is 1. The van der Waals surface area contributed by atoms with Crippen molar-refractivity contribution in [3.05, 3.63) is 29.3 Å². The van der Waals surface area contributed by atoms with E-state index in [-0.39, 0.29) is 18.0 Å². The normalized spacial score (nSPS) is 18.4. The number of methoxy groups -OCH3 is 1. The van der Waals surface area contributed by atoms with Gasteiger partial charge in [0.15, 0.2) is 0 Å². The molecule has 0 aliphatic heterocycles. The Labute approximate surface area is 127 Å². The molecule has 0 fully saturated rings. The van der Waals surface area contributed by atoms with E-state index in [1.807, 2.05) is 6.07 Å². The first-order valence-electron chi connectivity index (χ1n) is 7.69. The van der Waals surface area contributed by atoms with E-state index in [0.717, 1.165) is 25.0 Å². The molecule has 2 unspecified atom stereocenters. The quantitative estimate of drug-likeness (QED) is 0.846. The molecule has 21 heavy (non-hydrogen) atoms. The predicted molar refractivity (Wildman–Crippen MR) is 84.5 cm³/mol. The van der Waals surface area contributed by atoms with Crippen LogP contribution in [-0.2, 0) is 11.2 Å². The maximum atomic E-state index is 12.1. The Morgan fingerprint density at radius 3 is 2.81 bits per heavy atom. The van der Waals surface area contributed by atoms with Crippen molar-refractivity contribution in [3.8, 4) is 5.75 Å². The van der Waals surface area contributed by atoms with Crippen LogP contribution in [0.4, 0.5) is 0 Å². The number of hydrogen-bond acceptors (Lipinski definition) is 3. The molecule has 1 amide bonds. The van der Waals surface area contributed by atoms with Gasteiger partial charge in [0.2, 0.25) is 5.91 Å². The highest BCUT2D eigenvalue weighted by Gasteiger charge is 2.28. The van der Waals surface area contributed by atoms with Crippen LogP contribution in [0.25, 0.3) is 0 Å². The molecule has 2 rings (SSSR count). The third kappa shape index (κ3) is 3.76. The average Bonchev–Trinajstić information content (AvgIpc) is 2.87. The third-order valence-corrected chi connectivity index (χ3v) is 4.10. The topological polar surface area (TPSA) is 50.4 Å². The van der Waals surface area contributed by atoms with Gasteiger partial charge in [0.25, 0.3) is 0 Å². The van der Waals surface area contributed by atoms with Gasteiger partial charge in [0, 0.05) is 13.1 Å². The van der Waals surface area contributed by atoms with Crippen LogP contribution in [0.1, 0.15) is 43.9 Å². The summed E-state index contributed by atoms with van der Waals surface area (Å²) in [6.07, 6.45) is 2.93. The first-order chi connectivity index (χ1) is 10.0. The van der Waals surface area contributed by atoms with Gasteiger partial charge in [-0.3, -0.25) is 10.1 Å². The van der Waals surface area contributed by atoms with E-state index >= 15 is 0 Å². The molecule has 4 heteroatoms. The summed E-state index contributed by atoms with van der Waals surface area (Å²) in [5.74, 6) is 1.42. The predicted octanol–water partition coefficient (Wildman–Crippen LogP) is 2.43. The summed E-state index contributed by atoms with van der Waals surface area (Å²) in [4.78, 5) is 12.1. The van der Waals surface area contributed by atoms with Crippen molar-refractivity contribution in [2.75, 3.05) is 14.2 Å². The van der Waals surface area contributed by atoms with E-state index in [1.54, 1.807) is 14.2 Å². The molecule has 1 aliphatic rings. The zero-order chi connectivity index (χ0) is 15.4. The van der Waals surface area contributed by atoms with Gasteiger partial charge >= 0.3 is 0 Å². The van der Waals surface area contributed by atoms with Crippen LogP contribution >= 0.6 is 0 Å². The van der Waals surface area contributed by atoms with Gasteiger partial charge in [-0.25, -0.2) is 0 Å². The van der Waals surface area contributed by atoms with Crippen LogP contribution in [0.15, 0.2) is 18.2 Å². The molecule has 1 aliphatic carbocycles. The monoisotopic (exact) mass is 290 g/mol. The first-order valence-corrected chi connectivity index (χ1v) is 7.69. The maximum absolute atomic E-state index is 12.1. The van der Waals surface area contributed by atoms with Crippen molar-refractivity contribution in [3.63, 3.8) is 0 Å². The molecule has 0 saturated carbocycles. The van der Waals surface area contributed by atoms with Crippen molar-refractivity contribution >= 4 is 5.91 Å². The number of carbonyl (C=O) groups excluding carboxylic acids is 1. The first kappa shape index (κ1) is 15.8. The second kappa shape index (κ2) is 6.94. The number of likely N-dealkylation sites (N-methyl/N-ethyl adjacent to an activating group) is 1. The minimum atomic E-state index is -0.142. The standard InChI is InChI=1S/C17H26N2O2/c1-11(2)9-16(17(20)18-3)19-15-8-6-12-5-7-13(21-4)10-14(12)15/h5,7,10-11,15-16,19H,6,8-9H2,1-4H3,(H,18,20). The molecule has 4 nitrogen and oxygen atoms in total. The number of nitrogens with one attached hydrogen (secondary N) is 2. The van der Waals surface area contributed by atoms with Gasteiger partial charge in [0.05, 0.1) is 13.2 Å². The molecule has 0 aromatic heterocycles. The van der Waals surface area contributed by atoms with Gasteiger partial charge in [-0.05, 0) is 48.4 Å². The molecule has 1 aromatic carbocycles. The Balaban J connectivity index is 2.14. The molecular weight excluding hydrogens is 264 g/mol. The molecule has 1 aromatic rings. The highest BCUT2D eigenvalue weighted by molar-refractivity contribution is 5.81. The second-order valence-corrected chi connectivity index (χ2v) is 6.12. The summed E-state index contributed by atoms with van der Waals surface area (Å²) in [6, 6.07) is 6.32. The Kier molecular flexibility index (Phi) is 5.23. The minimum absolute atomic E-state index is 0.0695. The van der Waals surface area contributed by atoms with E-state index in [0.29, 0.717) is 5.92 Å². The van der Waals surface area contributed by atoms with Crippen LogP contribution in [0.3, 0.4) is 0 Å². The molecule has 2 atom stereocenters. The summed E-state index contributed by atoms with van der Waals surface area (Å²) in [6.45, 7) is 4.28. The fourth-order valence-electron chi connectivity index (χ4n) is 3.02. The summed E-state index contributed by atoms with van der Waals surface area (Å²) >= 11 is 0. The number of rotatable bonds is 6. The Morgan fingerprint density at radius 1 is 1.43 bits per heavy atom. The lowest BCUT2D eigenvalue weighted by molar-refractivity contribution is -0.123. The maximum Gasteiger partial charge on any atom is 0.236 e. The third-order valence-electron chi connectivity index (χ3n) is 4.10. The minimum Gasteiger partial charge on any atom is -0.497 e. The number of hydrogen-bond donors (Lipinski definition) is 2. The van der Waals surface area contributed by atoms with E-state index in [9.17, 15) is 4.79 Å². The van der Waals surface area contributed by atoms with Gasteiger partial charge in [0.1, 0.15) is 5.75 Å². The molecule has 0 heterocycles. The molecule has 0 saturated heterocycles. The Bertz CT molecular complexity index is 500. The lowest BCUT2D eigenvalue weighted by Crippen LogP contribution is -2.44. The highest BCUT2D eigenvalue weighted by Crippen LogP contribution is 2.34. The van der Waals surface area contributed by atoms with E-state index in [4.69, 9.17) is 4.74 Å². The fourth-order valence-corrected chi connectivity index (χ4v) is 3.02. The van der Waals surface area contributed by atoms with Crippen LogP contribution in [-0.4, -0.2) is 26.1 Å². The SMILES string of the molecule is CNC(=O)C(CC(C)C)NC1CCc2ccc(OC)cc21. The van der Waals surface area contributed by atoms with Crippen LogP contribution in [0.5, 0.6) is 5.75 Å². The number of aryl methyl sites for hydroxylation is 1. The average molecular weight is 290 g/mol. The van der Waals surface area contributed by atoms with Gasteiger partial charge in [-0.1, -0.05) is 19.9 Å². The highest BCUT2D eigenvalue weighted by atomic mass is 16.5. The zero-order valence-corrected chi connectivity index (χ0v) is 13.4. The lowest BCUT2D eigenvalue weighted by atomic mass is 10.0. The molecular formula is C17H26N2O2. The van der Waals surface area contributed by atoms with Gasteiger partial charge in [-0.15, -0.1) is 0 Å². The largest absolute Gasteiger partial charge is 0.497 e. The molecule has 0 bridgehead atoms. The summed E-state index contributed by atoms with van der Waals surface area (Å²) < 4.78 is 5.32. The number of amides is 1. The van der Waals surface area contributed by atoms with Crippen molar-refractivity contribution in [1.82, 2.24) is 10.6 Å². The number of benzene rings is 1. The number of carbonyl (C=O) groups is 1. The molecule has 2 N–H and O–H groups in total. The van der Waals surface area contributed by atoms with E-state index in [2.05, 4.69) is 36.6 Å². The summed E-state index contributed by atoms with van der Waals surface area (Å²) in [5.41, 5.74) is 2.63. The smallest absolute Gasteiger partial charge is 0.236 e. The van der Waals surface area contributed by atoms with Gasteiger partial charge in [-0.2, -0.15) is 0 Å². The molecule has 116 valence electrons. The van der Waals surface area contributed by atoms with Crippen molar-refractivity contribution < 1.29 is 9.53 Å². The van der Waals surface area contributed by atoms with Crippen LogP contribution in [0.2, 0.25) is 0 Å². The lowest BCUT2D eigenvalue weighted by Gasteiger charge is -2.24. The van der Waals surface area contributed by atoms with E-state index in [1.165, 1.54) is 11.1 Å². The summed E-state index contributed by atoms with van der Waals surface area (Å²) in [5, 5.41) is 6.30. The van der Waals surface area contributed by atoms with E-state index < -0.39 is 0 Å². The Morgan fingerprint density at radius 2 is 2.19 bits per heavy atom. The molecule has 0 spiro atoms. The molecule has 0 radical (unpaired) electrons. The van der Waals surface area contributed by atoms with Crippen LogP contribution in [0, 0.1) is 5.92 Å². The van der Waals surface area contributed by atoms with Crippen molar-refractivity contribution in [1.29, 1.82) is 0 Å². The van der Waals surface area contributed by atoms with Gasteiger partial charge < -0.3 is 10.1 Å².